The Hall–Kier alpha value is -0.940. The molecule has 1 rings (SSSR count). The Morgan fingerprint density at radius 1 is 1.33 bits per heavy atom. The van der Waals surface area contributed by atoms with E-state index in [1.54, 1.807) is 0 Å². The van der Waals surface area contributed by atoms with Gasteiger partial charge in [0.2, 0.25) is 5.91 Å². The van der Waals surface area contributed by atoms with E-state index in [1.807, 2.05) is 0 Å². The maximum Gasteiger partial charge on any atom is 0.416 e. The molecule has 1 amide bonds. The maximum atomic E-state index is 12.4. The number of nitrogens with one attached hydrogen (secondary N) is 1. The van der Waals surface area contributed by atoms with E-state index in [1.165, 1.54) is 0 Å². The molecule has 0 heterocycles. The van der Waals surface area contributed by atoms with Gasteiger partial charge in [0.15, 0.2) is 0 Å². The van der Waals surface area contributed by atoms with Crippen molar-refractivity contribution in [1.29, 1.82) is 0 Å². The number of benzene rings is 1. The fourth-order valence-electron chi connectivity index (χ4n) is 1.23. The summed E-state index contributed by atoms with van der Waals surface area (Å²) in [6.07, 6.45) is -3.77. The molecule has 2 nitrogen and oxygen atoms in total. The fourth-order valence-corrected chi connectivity index (χ4v) is 1.59. The minimum Gasteiger partial charge on any atom is -0.325 e. The topological polar surface area (TPSA) is 29.1 Å². The highest BCUT2D eigenvalue weighted by Gasteiger charge is 2.30. The normalized spacial score (nSPS) is 11.4. The van der Waals surface area contributed by atoms with Gasteiger partial charge in [-0.1, -0.05) is 11.6 Å². The molecule has 0 aliphatic rings. The van der Waals surface area contributed by atoms with Crippen LogP contribution in [0.25, 0.3) is 0 Å². The molecule has 0 radical (unpaired) electrons. The van der Waals surface area contributed by atoms with Crippen LogP contribution in [0.5, 0.6) is 0 Å². The molecule has 0 unspecified atom stereocenters. The van der Waals surface area contributed by atoms with E-state index in [2.05, 4.69) is 5.32 Å². The highest BCUT2D eigenvalue weighted by molar-refractivity contribution is 6.33. The minimum absolute atomic E-state index is 0.149. The van der Waals surface area contributed by atoms with Crippen LogP contribution in [0.4, 0.5) is 18.9 Å². The summed E-state index contributed by atoms with van der Waals surface area (Å²) in [6, 6.07) is 2.77. The van der Waals surface area contributed by atoms with Gasteiger partial charge in [0, 0.05) is 12.3 Å². The average molecular weight is 300 g/mol. The molecule has 1 aromatic carbocycles. The summed E-state index contributed by atoms with van der Waals surface area (Å²) in [6.45, 7) is 0. The lowest BCUT2D eigenvalue weighted by Gasteiger charge is -2.10. The Morgan fingerprint density at radius 2 is 2.00 bits per heavy atom. The van der Waals surface area contributed by atoms with Crippen LogP contribution in [0, 0.1) is 0 Å². The summed E-state index contributed by atoms with van der Waals surface area (Å²) in [5.41, 5.74) is -0.699. The highest BCUT2D eigenvalue weighted by Crippen LogP contribution is 2.33. The second-order valence-electron chi connectivity index (χ2n) is 3.53. The zero-order chi connectivity index (χ0) is 13.8. The molecule has 1 N–H and O–H groups in total. The van der Waals surface area contributed by atoms with Crippen LogP contribution in [0.3, 0.4) is 0 Å². The van der Waals surface area contributed by atoms with E-state index < -0.39 is 11.7 Å². The first-order valence-electron chi connectivity index (χ1n) is 5.07. The van der Waals surface area contributed by atoms with Crippen LogP contribution in [-0.2, 0) is 11.0 Å². The monoisotopic (exact) mass is 299 g/mol. The van der Waals surface area contributed by atoms with Crippen molar-refractivity contribution in [2.45, 2.75) is 19.0 Å². The van der Waals surface area contributed by atoms with Crippen LogP contribution < -0.4 is 5.32 Å². The van der Waals surface area contributed by atoms with E-state index in [0.717, 1.165) is 18.2 Å². The van der Waals surface area contributed by atoms with Gasteiger partial charge < -0.3 is 5.32 Å². The van der Waals surface area contributed by atoms with Gasteiger partial charge in [-0.05, 0) is 24.6 Å². The second-order valence-corrected chi connectivity index (χ2v) is 4.32. The van der Waals surface area contributed by atoms with E-state index in [9.17, 15) is 18.0 Å². The predicted octanol–water partition coefficient (Wildman–Crippen LogP) is 4.32. The van der Waals surface area contributed by atoms with Gasteiger partial charge >= 0.3 is 6.18 Å². The first-order valence-corrected chi connectivity index (χ1v) is 5.98. The largest absolute Gasteiger partial charge is 0.416 e. The third-order valence-corrected chi connectivity index (χ3v) is 2.69. The molecule has 0 bridgehead atoms. The van der Waals surface area contributed by atoms with Crippen molar-refractivity contribution >= 4 is 34.8 Å². The van der Waals surface area contributed by atoms with Gasteiger partial charge in [-0.3, -0.25) is 4.79 Å². The molecule has 0 fully saturated rings. The molecular formula is C11H10Cl2F3NO. The molecule has 0 spiro atoms. The van der Waals surface area contributed by atoms with Crippen LogP contribution >= 0.6 is 23.2 Å². The van der Waals surface area contributed by atoms with Crippen LogP contribution in [-0.4, -0.2) is 11.8 Å². The van der Waals surface area contributed by atoms with Gasteiger partial charge in [0.05, 0.1) is 16.3 Å². The maximum absolute atomic E-state index is 12.4. The number of rotatable bonds is 4. The summed E-state index contributed by atoms with van der Waals surface area (Å²) < 4.78 is 37.1. The Morgan fingerprint density at radius 3 is 2.50 bits per heavy atom. The lowest BCUT2D eigenvalue weighted by atomic mass is 10.2. The number of anilines is 1. The molecule has 0 saturated heterocycles. The van der Waals surface area contributed by atoms with Crippen LogP contribution in [0.2, 0.25) is 5.02 Å². The summed E-state index contributed by atoms with van der Waals surface area (Å²) in [5.74, 6) is 0.00561. The predicted molar refractivity (Wildman–Crippen MR) is 65.0 cm³/mol. The average Bonchev–Trinajstić information content (AvgIpc) is 2.27. The summed E-state index contributed by atoms with van der Waals surface area (Å²) in [7, 11) is 0. The summed E-state index contributed by atoms with van der Waals surface area (Å²) in [4.78, 5) is 11.4. The smallest absolute Gasteiger partial charge is 0.325 e. The van der Waals surface area contributed by atoms with Crippen LogP contribution in [0.1, 0.15) is 18.4 Å². The Balaban J connectivity index is 2.77. The van der Waals surface area contributed by atoms with Crippen LogP contribution in [0.15, 0.2) is 18.2 Å². The summed E-state index contributed by atoms with van der Waals surface area (Å²) >= 11 is 11.1. The number of hydrogen-bond donors (Lipinski definition) is 1. The van der Waals surface area contributed by atoms with Gasteiger partial charge in [-0.15, -0.1) is 11.6 Å². The number of carbonyl (C=O) groups excluding carboxylic acids is 1. The number of hydrogen-bond acceptors (Lipinski definition) is 1. The quantitative estimate of drug-likeness (QED) is 0.825. The van der Waals surface area contributed by atoms with Crippen molar-refractivity contribution in [3.8, 4) is 0 Å². The van der Waals surface area contributed by atoms with Gasteiger partial charge in [-0.2, -0.15) is 13.2 Å². The number of alkyl halides is 4. The molecule has 100 valence electrons. The van der Waals surface area contributed by atoms with Crippen molar-refractivity contribution in [2.75, 3.05) is 11.2 Å². The zero-order valence-electron chi connectivity index (χ0n) is 9.15. The molecule has 0 saturated carbocycles. The van der Waals surface area contributed by atoms with Gasteiger partial charge in [-0.25, -0.2) is 0 Å². The van der Waals surface area contributed by atoms with Gasteiger partial charge in [0.25, 0.3) is 0 Å². The zero-order valence-corrected chi connectivity index (χ0v) is 10.7. The van der Waals surface area contributed by atoms with Crippen molar-refractivity contribution in [3.05, 3.63) is 28.8 Å². The van der Waals surface area contributed by atoms with E-state index in [-0.39, 0.29) is 23.0 Å². The highest BCUT2D eigenvalue weighted by atomic mass is 35.5. The molecule has 0 atom stereocenters. The number of amides is 1. The Kier molecular flexibility index (Phi) is 5.28. The van der Waals surface area contributed by atoms with Gasteiger partial charge in [0.1, 0.15) is 0 Å². The Bertz CT molecular complexity index is 435. The minimum atomic E-state index is -4.45. The van der Waals surface area contributed by atoms with E-state index >= 15 is 0 Å². The molecule has 0 aromatic heterocycles. The van der Waals surface area contributed by atoms with E-state index in [4.69, 9.17) is 23.2 Å². The van der Waals surface area contributed by atoms with Crippen molar-refractivity contribution in [2.24, 2.45) is 0 Å². The first kappa shape index (κ1) is 15.1. The third-order valence-electron chi connectivity index (χ3n) is 2.11. The SMILES string of the molecule is O=C(CCCCl)Nc1ccc(C(F)(F)F)cc1Cl. The molecule has 1 aromatic rings. The second kappa shape index (κ2) is 6.29. The van der Waals surface area contributed by atoms with Crippen molar-refractivity contribution < 1.29 is 18.0 Å². The first-order chi connectivity index (χ1) is 8.34. The summed E-state index contributed by atoms with van der Waals surface area (Å²) in [5, 5.41) is 2.28. The molecule has 7 heteroatoms. The molecule has 18 heavy (non-hydrogen) atoms. The molecular weight excluding hydrogens is 290 g/mol. The lowest BCUT2D eigenvalue weighted by Crippen LogP contribution is -2.12. The number of carbonyl (C=O) groups is 1. The van der Waals surface area contributed by atoms with E-state index in [0.29, 0.717) is 12.3 Å². The Labute approximate surface area is 112 Å². The number of halogens is 5. The third kappa shape index (κ3) is 4.38. The van der Waals surface area contributed by atoms with Crippen molar-refractivity contribution in [1.82, 2.24) is 0 Å². The molecule has 0 aliphatic carbocycles. The standard InChI is InChI=1S/C11H10Cl2F3NO/c12-5-1-2-10(18)17-9-4-3-7(6-8(9)13)11(14,15)16/h3-4,6H,1-2,5H2,(H,17,18). The fraction of sp³-hybridized carbons (Fsp3) is 0.364. The lowest BCUT2D eigenvalue weighted by molar-refractivity contribution is -0.137. The molecule has 0 aliphatic heterocycles. The van der Waals surface area contributed by atoms with Crippen molar-refractivity contribution in [3.63, 3.8) is 0 Å².